The average molecular weight is 513 g/mol. The molecular weight excluding hydrogens is 479 g/mol. The third-order valence-electron chi connectivity index (χ3n) is 5.67. The minimum absolute atomic E-state index is 0.0785. The second-order valence-electron chi connectivity index (χ2n) is 8.92. The number of benzene rings is 2. The first-order valence-electron chi connectivity index (χ1n) is 11.9. The van der Waals surface area contributed by atoms with Crippen molar-refractivity contribution in [3.05, 3.63) is 81.8 Å². The Hall–Kier alpha value is -3.39. The van der Waals surface area contributed by atoms with E-state index in [4.69, 9.17) is 9.47 Å². The van der Waals surface area contributed by atoms with E-state index in [2.05, 4.69) is 0 Å². The number of halogens is 1. The maximum Gasteiger partial charge on any atom is 0.254 e. The molecule has 1 aromatic heterocycles. The van der Waals surface area contributed by atoms with Gasteiger partial charge in [-0.05, 0) is 59.7 Å². The van der Waals surface area contributed by atoms with Gasteiger partial charge in [-0.3, -0.25) is 9.59 Å². The molecule has 0 radical (unpaired) electrons. The molecule has 2 amide bonds. The normalized spacial score (nSPS) is 10.8. The van der Waals surface area contributed by atoms with E-state index in [0.717, 1.165) is 10.4 Å². The van der Waals surface area contributed by atoms with Crippen molar-refractivity contribution < 1.29 is 23.5 Å². The Bertz CT molecular complexity index is 1150. The van der Waals surface area contributed by atoms with Crippen LogP contribution in [0, 0.1) is 11.7 Å². The zero-order chi connectivity index (χ0) is 26.1. The molecule has 0 unspecified atom stereocenters. The SMILES string of the molecule is COc1ccc(CCN(Cc2cccs2)C(=O)CN(CC(C)C)C(=O)c2cccc(F)c2)cc1OC. The lowest BCUT2D eigenvalue weighted by Crippen LogP contribution is -2.44. The molecule has 3 aromatic rings. The van der Waals surface area contributed by atoms with Crippen LogP contribution in [0.15, 0.2) is 60.0 Å². The number of hydrogen-bond acceptors (Lipinski definition) is 5. The molecule has 8 heteroatoms. The highest BCUT2D eigenvalue weighted by molar-refractivity contribution is 7.09. The number of hydrogen-bond donors (Lipinski definition) is 0. The predicted molar refractivity (Wildman–Crippen MR) is 140 cm³/mol. The highest BCUT2D eigenvalue weighted by atomic mass is 32.1. The minimum atomic E-state index is -0.481. The number of carbonyl (C=O) groups is 2. The van der Waals surface area contributed by atoms with E-state index in [0.29, 0.717) is 37.6 Å². The van der Waals surface area contributed by atoms with Crippen molar-refractivity contribution in [2.24, 2.45) is 5.92 Å². The highest BCUT2D eigenvalue weighted by Gasteiger charge is 2.24. The van der Waals surface area contributed by atoms with Gasteiger partial charge < -0.3 is 19.3 Å². The third-order valence-corrected chi connectivity index (χ3v) is 6.53. The lowest BCUT2D eigenvalue weighted by molar-refractivity contribution is -0.132. The number of thiophene rings is 1. The number of ether oxygens (including phenoxy) is 2. The maximum absolute atomic E-state index is 13.8. The third kappa shape index (κ3) is 7.55. The van der Waals surface area contributed by atoms with Gasteiger partial charge in [-0.1, -0.05) is 32.0 Å². The molecule has 192 valence electrons. The molecule has 36 heavy (non-hydrogen) atoms. The summed E-state index contributed by atoms with van der Waals surface area (Å²) in [6.45, 7) is 5.20. The second kappa shape index (κ2) is 13.1. The Morgan fingerprint density at radius 1 is 0.972 bits per heavy atom. The van der Waals surface area contributed by atoms with Crippen molar-refractivity contribution in [1.82, 2.24) is 9.80 Å². The monoisotopic (exact) mass is 512 g/mol. The lowest BCUT2D eigenvalue weighted by atomic mass is 10.1. The summed E-state index contributed by atoms with van der Waals surface area (Å²) in [7, 11) is 3.18. The highest BCUT2D eigenvalue weighted by Crippen LogP contribution is 2.28. The first kappa shape index (κ1) is 27.2. The van der Waals surface area contributed by atoms with Crippen LogP contribution in [-0.2, 0) is 17.8 Å². The van der Waals surface area contributed by atoms with E-state index in [1.54, 1.807) is 36.5 Å². The van der Waals surface area contributed by atoms with E-state index in [9.17, 15) is 14.0 Å². The second-order valence-corrected chi connectivity index (χ2v) is 9.96. The number of nitrogens with zero attached hydrogens (tertiary/aromatic N) is 2. The van der Waals surface area contributed by atoms with Crippen LogP contribution in [-0.4, -0.2) is 55.5 Å². The predicted octanol–water partition coefficient (Wildman–Crippen LogP) is 5.27. The van der Waals surface area contributed by atoms with E-state index in [-0.39, 0.29) is 29.8 Å². The van der Waals surface area contributed by atoms with E-state index in [1.165, 1.54) is 23.1 Å². The zero-order valence-corrected chi connectivity index (χ0v) is 22.0. The van der Waals surface area contributed by atoms with E-state index in [1.807, 2.05) is 49.6 Å². The first-order valence-corrected chi connectivity index (χ1v) is 12.7. The first-order chi connectivity index (χ1) is 17.3. The topological polar surface area (TPSA) is 59.1 Å². The number of methoxy groups -OCH3 is 2. The average Bonchev–Trinajstić information content (AvgIpc) is 3.38. The van der Waals surface area contributed by atoms with Gasteiger partial charge in [-0.2, -0.15) is 0 Å². The molecule has 1 heterocycles. The number of rotatable bonds is 12. The minimum Gasteiger partial charge on any atom is -0.493 e. The van der Waals surface area contributed by atoms with Crippen molar-refractivity contribution in [2.45, 2.75) is 26.8 Å². The molecular formula is C28H33FN2O4S. The van der Waals surface area contributed by atoms with E-state index < -0.39 is 5.82 Å². The summed E-state index contributed by atoms with van der Waals surface area (Å²) < 4.78 is 24.5. The Morgan fingerprint density at radius 2 is 1.75 bits per heavy atom. The fourth-order valence-electron chi connectivity index (χ4n) is 3.91. The molecule has 0 saturated carbocycles. The Balaban J connectivity index is 1.78. The van der Waals surface area contributed by atoms with E-state index >= 15 is 0 Å². The van der Waals surface area contributed by atoms with Crippen LogP contribution < -0.4 is 9.47 Å². The van der Waals surface area contributed by atoms with Crippen LogP contribution in [0.1, 0.15) is 34.6 Å². The molecule has 0 bridgehead atoms. The van der Waals surface area contributed by atoms with Crippen LogP contribution in [0.2, 0.25) is 0 Å². The Kier molecular flexibility index (Phi) is 9.87. The number of carbonyl (C=O) groups excluding carboxylic acids is 2. The molecule has 0 saturated heterocycles. The van der Waals surface area contributed by atoms with Crippen LogP contribution in [0.5, 0.6) is 11.5 Å². The Morgan fingerprint density at radius 3 is 2.39 bits per heavy atom. The van der Waals surface area contributed by atoms with Crippen molar-refractivity contribution in [3.63, 3.8) is 0 Å². The standard InChI is InChI=1S/C28H33FN2O4S/c1-20(2)17-31(28(33)22-7-5-8-23(29)16-22)19-27(32)30(18-24-9-6-14-36-24)13-12-21-10-11-25(34-3)26(15-21)35-4/h5-11,14-16,20H,12-13,17-19H2,1-4H3. The fraction of sp³-hybridized carbons (Fsp3) is 0.357. The molecule has 0 fully saturated rings. The van der Waals surface area contributed by atoms with Gasteiger partial charge in [0.2, 0.25) is 5.91 Å². The maximum atomic E-state index is 13.8. The van der Waals surface area contributed by atoms with Crippen molar-refractivity contribution in [1.29, 1.82) is 0 Å². The molecule has 0 aliphatic rings. The van der Waals surface area contributed by atoms with Gasteiger partial charge in [-0.25, -0.2) is 4.39 Å². The summed E-state index contributed by atoms with van der Waals surface area (Å²) in [5, 5.41) is 1.98. The van der Waals surface area contributed by atoms with Crippen LogP contribution in [0.4, 0.5) is 4.39 Å². The van der Waals surface area contributed by atoms with Crippen LogP contribution in [0.3, 0.4) is 0 Å². The Labute approximate surface area is 216 Å². The van der Waals surface area contributed by atoms with Crippen molar-refractivity contribution in [2.75, 3.05) is 33.9 Å². The van der Waals surface area contributed by atoms with Gasteiger partial charge >= 0.3 is 0 Å². The summed E-state index contributed by atoms with van der Waals surface area (Å²) in [6.07, 6.45) is 0.611. The van der Waals surface area contributed by atoms with Gasteiger partial charge in [-0.15, -0.1) is 11.3 Å². The number of amides is 2. The molecule has 0 N–H and O–H groups in total. The lowest BCUT2D eigenvalue weighted by Gasteiger charge is -2.29. The summed E-state index contributed by atoms with van der Waals surface area (Å²) in [5.41, 5.74) is 1.24. The molecule has 0 aliphatic heterocycles. The van der Waals surface area contributed by atoms with Gasteiger partial charge in [0.05, 0.1) is 20.8 Å². The molecule has 0 atom stereocenters. The summed E-state index contributed by atoms with van der Waals surface area (Å²) in [6, 6.07) is 15.2. The molecule has 2 aromatic carbocycles. The molecule has 6 nitrogen and oxygen atoms in total. The summed E-state index contributed by atoms with van der Waals surface area (Å²) in [4.78, 5) is 31.1. The van der Waals surface area contributed by atoms with Gasteiger partial charge in [0, 0.05) is 23.5 Å². The van der Waals surface area contributed by atoms with Gasteiger partial charge in [0.1, 0.15) is 12.4 Å². The van der Waals surface area contributed by atoms with Crippen LogP contribution in [0.25, 0.3) is 0 Å². The fourth-order valence-corrected chi connectivity index (χ4v) is 4.63. The molecule has 0 aliphatic carbocycles. The summed E-state index contributed by atoms with van der Waals surface area (Å²) >= 11 is 1.58. The quantitative estimate of drug-likeness (QED) is 0.332. The molecule has 3 rings (SSSR count). The summed E-state index contributed by atoms with van der Waals surface area (Å²) in [5.74, 6) is 0.434. The van der Waals surface area contributed by atoms with Crippen molar-refractivity contribution >= 4 is 23.2 Å². The van der Waals surface area contributed by atoms with Gasteiger partial charge in [0.25, 0.3) is 5.91 Å². The zero-order valence-electron chi connectivity index (χ0n) is 21.2. The largest absolute Gasteiger partial charge is 0.493 e. The molecule has 0 spiro atoms. The van der Waals surface area contributed by atoms with Crippen molar-refractivity contribution in [3.8, 4) is 11.5 Å². The van der Waals surface area contributed by atoms with Crippen LogP contribution >= 0.6 is 11.3 Å². The van der Waals surface area contributed by atoms with Gasteiger partial charge in [0.15, 0.2) is 11.5 Å². The smallest absolute Gasteiger partial charge is 0.254 e.